The molecule has 0 aliphatic heterocycles. The largest absolute Gasteiger partial charge is 0.341 e. The number of amides is 1. The molecule has 0 bridgehead atoms. The summed E-state index contributed by atoms with van der Waals surface area (Å²) in [7, 11) is 0. The molecule has 0 saturated heterocycles. The molecule has 1 fully saturated rings. The molecule has 1 rings (SSSR count). The van der Waals surface area contributed by atoms with E-state index in [4.69, 9.17) is 5.73 Å². The quantitative estimate of drug-likeness (QED) is 0.798. The number of rotatable bonds is 4. The summed E-state index contributed by atoms with van der Waals surface area (Å²) in [4.78, 5) is 14.3. The summed E-state index contributed by atoms with van der Waals surface area (Å²) in [5.74, 6) is 0.756. The predicted molar refractivity (Wildman–Crippen MR) is 67.1 cm³/mol. The third-order valence-electron chi connectivity index (χ3n) is 3.62. The number of carbonyl (C=O) groups excluding carboxylic acids is 1. The molecule has 1 saturated carbocycles. The second kappa shape index (κ2) is 5.67. The van der Waals surface area contributed by atoms with Gasteiger partial charge in [0.1, 0.15) is 0 Å². The van der Waals surface area contributed by atoms with E-state index < -0.39 is 5.54 Å². The topological polar surface area (TPSA) is 46.3 Å². The van der Waals surface area contributed by atoms with Gasteiger partial charge in [-0.1, -0.05) is 26.7 Å². The zero-order valence-electron chi connectivity index (χ0n) is 11.0. The maximum absolute atomic E-state index is 12.4. The average molecular weight is 226 g/mol. The van der Waals surface area contributed by atoms with E-state index in [1.54, 1.807) is 0 Å². The van der Waals surface area contributed by atoms with Crippen LogP contribution in [0.25, 0.3) is 0 Å². The Kier molecular flexibility index (Phi) is 4.78. The molecule has 2 atom stereocenters. The molecule has 1 amide bonds. The molecule has 16 heavy (non-hydrogen) atoms. The highest BCUT2D eigenvalue weighted by Crippen LogP contribution is 2.31. The molecule has 2 N–H and O–H groups in total. The molecule has 1 aliphatic carbocycles. The summed E-state index contributed by atoms with van der Waals surface area (Å²) in [6.07, 6.45) is 5.02. The Labute approximate surface area is 99.4 Å². The Balaban J connectivity index is 2.69. The van der Waals surface area contributed by atoms with Crippen molar-refractivity contribution in [3.63, 3.8) is 0 Å². The number of hydrogen-bond acceptors (Lipinski definition) is 2. The van der Waals surface area contributed by atoms with E-state index in [0.29, 0.717) is 5.92 Å². The first-order valence-electron chi connectivity index (χ1n) is 6.61. The summed E-state index contributed by atoms with van der Waals surface area (Å²) < 4.78 is 0. The fraction of sp³-hybridized carbons (Fsp3) is 0.923. The highest BCUT2D eigenvalue weighted by molar-refractivity contribution is 5.86. The molecule has 0 aromatic carbocycles. The Morgan fingerprint density at radius 1 is 1.50 bits per heavy atom. The molecule has 0 aromatic heterocycles. The molecule has 3 heteroatoms. The maximum Gasteiger partial charge on any atom is 0.242 e. The van der Waals surface area contributed by atoms with E-state index in [1.165, 1.54) is 6.42 Å². The van der Waals surface area contributed by atoms with Crippen molar-refractivity contribution in [2.75, 3.05) is 13.1 Å². The van der Waals surface area contributed by atoms with Crippen LogP contribution in [0.5, 0.6) is 0 Å². The van der Waals surface area contributed by atoms with Crippen LogP contribution in [-0.2, 0) is 4.79 Å². The first kappa shape index (κ1) is 13.5. The van der Waals surface area contributed by atoms with Gasteiger partial charge in [-0.25, -0.2) is 0 Å². The van der Waals surface area contributed by atoms with Crippen LogP contribution >= 0.6 is 0 Å². The van der Waals surface area contributed by atoms with Gasteiger partial charge < -0.3 is 10.6 Å². The van der Waals surface area contributed by atoms with Crippen LogP contribution in [0, 0.1) is 5.92 Å². The van der Waals surface area contributed by atoms with Crippen LogP contribution in [0.15, 0.2) is 0 Å². The van der Waals surface area contributed by atoms with Crippen molar-refractivity contribution in [2.45, 2.75) is 58.4 Å². The minimum atomic E-state index is -0.581. The van der Waals surface area contributed by atoms with Gasteiger partial charge in [0.15, 0.2) is 0 Å². The van der Waals surface area contributed by atoms with E-state index in [-0.39, 0.29) is 5.91 Å². The number of nitrogens with zero attached hydrogens (tertiary/aromatic N) is 1. The number of nitrogens with two attached hydrogens (primary N) is 1. The van der Waals surface area contributed by atoms with Crippen molar-refractivity contribution in [3.8, 4) is 0 Å². The fourth-order valence-electron chi connectivity index (χ4n) is 2.77. The lowest BCUT2D eigenvalue weighted by Crippen LogP contribution is -2.57. The van der Waals surface area contributed by atoms with E-state index in [9.17, 15) is 4.79 Å². The van der Waals surface area contributed by atoms with E-state index in [1.807, 2.05) is 11.8 Å². The summed E-state index contributed by atoms with van der Waals surface area (Å²) in [6, 6.07) is 0. The number of hydrogen-bond donors (Lipinski definition) is 1. The van der Waals surface area contributed by atoms with Gasteiger partial charge in [0, 0.05) is 13.1 Å². The predicted octanol–water partition coefficient (Wildman–Crippen LogP) is 2.15. The van der Waals surface area contributed by atoms with E-state index in [0.717, 1.165) is 38.8 Å². The molecule has 0 radical (unpaired) electrons. The van der Waals surface area contributed by atoms with Crippen LogP contribution in [0.2, 0.25) is 0 Å². The number of likely N-dealkylation sites (N-methyl/N-ethyl adjacent to an activating group) is 1. The second-order valence-electron chi connectivity index (χ2n) is 5.24. The monoisotopic (exact) mass is 226 g/mol. The van der Waals surface area contributed by atoms with Gasteiger partial charge >= 0.3 is 0 Å². The Morgan fingerprint density at radius 2 is 2.19 bits per heavy atom. The van der Waals surface area contributed by atoms with Crippen molar-refractivity contribution in [1.29, 1.82) is 0 Å². The summed E-state index contributed by atoms with van der Waals surface area (Å²) >= 11 is 0. The molecule has 0 aromatic rings. The van der Waals surface area contributed by atoms with Crippen LogP contribution < -0.4 is 5.73 Å². The highest BCUT2D eigenvalue weighted by Gasteiger charge is 2.39. The molecular weight excluding hydrogens is 200 g/mol. The summed E-state index contributed by atoms with van der Waals surface area (Å²) in [5.41, 5.74) is 5.73. The Morgan fingerprint density at radius 3 is 2.69 bits per heavy atom. The minimum absolute atomic E-state index is 0.170. The van der Waals surface area contributed by atoms with Gasteiger partial charge in [-0.15, -0.1) is 0 Å². The zero-order valence-corrected chi connectivity index (χ0v) is 11.0. The average Bonchev–Trinajstić information content (AvgIpc) is 2.24. The van der Waals surface area contributed by atoms with Gasteiger partial charge in [0.05, 0.1) is 5.54 Å². The fourth-order valence-corrected chi connectivity index (χ4v) is 2.77. The lowest BCUT2D eigenvalue weighted by Gasteiger charge is -2.38. The number of carbonyl (C=O) groups is 1. The third kappa shape index (κ3) is 2.97. The van der Waals surface area contributed by atoms with Crippen molar-refractivity contribution in [3.05, 3.63) is 0 Å². The molecular formula is C13H26N2O. The Hall–Kier alpha value is -0.570. The zero-order chi connectivity index (χ0) is 12.2. The van der Waals surface area contributed by atoms with E-state index in [2.05, 4.69) is 13.8 Å². The highest BCUT2D eigenvalue weighted by atomic mass is 16.2. The first-order valence-corrected chi connectivity index (χ1v) is 6.61. The standard InChI is InChI=1S/C13H26N2O/c1-4-9-15(5-2)12(16)13(14)8-6-7-11(3)10-13/h11H,4-10,14H2,1-3H3. The van der Waals surface area contributed by atoms with Crippen molar-refractivity contribution >= 4 is 5.91 Å². The van der Waals surface area contributed by atoms with Crippen LogP contribution in [0.1, 0.15) is 52.9 Å². The normalized spacial score (nSPS) is 30.1. The summed E-state index contributed by atoms with van der Waals surface area (Å²) in [6.45, 7) is 7.94. The van der Waals surface area contributed by atoms with Crippen molar-refractivity contribution in [2.24, 2.45) is 11.7 Å². The van der Waals surface area contributed by atoms with Crippen molar-refractivity contribution < 1.29 is 4.79 Å². The van der Waals surface area contributed by atoms with Gasteiger partial charge in [-0.2, -0.15) is 0 Å². The minimum Gasteiger partial charge on any atom is -0.341 e. The van der Waals surface area contributed by atoms with Crippen molar-refractivity contribution in [1.82, 2.24) is 4.90 Å². The molecule has 2 unspecified atom stereocenters. The Bertz CT molecular complexity index is 242. The van der Waals surface area contributed by atoms with Crippen LogP contribution in [0.3, 0.4) is 0 Å². The lowest BCUT2D eigenvalue weighted by atomic mass is 9.76. The summed E-state index contributed by atoms with van der Waals surface area (Å²) in [5, 5.41) is 0. The van der Waals surface area contributed by atoms with Crippen LogP contribution in [-0.4, -0.2) is 29.4 Å². The van der Waals surface area contributed by atoms with Gasteiger partial charge in [-0.05, 0) is 32.1 Å². The smallest absolute Gasteiger partial charge is 0.242 e. The first-order chi connectivity index (χ1) is 7.53. The van der Waals surface area contributed by atoms with E-state index >= 15 is 0 Å². The molecule has 1 aliphatic rings. The SMILES string of the molecule is CCCN(CC)C(=O)C1(N)CCCC(C)C1. The maximum atomic E-state index is 12.4. The molecule has 0 heterocycles. The lowest BCUT2D eigenvalue weighted by molar-refractivity contribution is -0.138. The third-order valence-corrected chi connectivity index (χ3v) is 3.62. The van der Waals surface area contributed by atoms with Gasteiger partial charge in [0.25, 0.3) is 0 Å². The molecule has 3 nitrogen and oxygen atoms in total. The second-order valence-corrected chi connectivity index (χ2v) is 5.24. The van der Waals surface area contributed by atoms with Gasteiger partial charge in [0.2, 0.25) is 5.91 Å². The van der Waals surface area contributed by atoms with Gasteiger partial charge in [-0.3, -0.25) is 4.79 Å². The molecule has 0 spiro atoms. The van der Waals surface area contributed by atoms with Crippen LogP contribution in [0.4, 0.5) is 0 Å². The molecule has 94 valence electrons.